The number of carbonyl (C=O) groups excluding carboxylic acids is 2. The number of aromatic nitrogens is 2. The van der Waals surface area contributed by atoms with Crippen molar-refractivity contribution in [2.45, 2.75) is 43.7 Å². The van der Waals surface area contributed by atoms with Gasteiger partial charge in [-0.25, -0.2) is 4.39 Å². The molecule has 7 nitrogen and oxygen atoms in total. The summed E-state index contributed by atoms with van der Waals surface area (Å²) in [4.78, 5) is 26.9. The molecule has 160 valence electrons. The number of amides is 2. The van der Waals surface area contributed by atoms with E-state index in [1.54, 1.807) is 36.3 Å². The molecule has 1 aromatic heterocycles. The summed E-state index contributed by atoms with van der Waals surface area (Å²) in [6.07, 6.45) is 6.46. The van der Waals surface area contributed by atoms with Crippen molar-refractivity contribution < 1.29 is 18.7 Å². The normalized spacial score (nSPS) is 20.9. The van der Waals surface area contributed by atoms with Crippen molar-refractivity contribution in [3.63, 3.8) is 0 Å². The summed E-state index contributed by atoms with van der Waals surface area (Å²) in [7, 11) is 1.78. The highest BCUT2D eigenvalue weighted by atomic mass is 19.1. The van der Waals surface area contributed by atoms with Gasteiger partial charge in [-0.05, 0) is 43.4 Å². The van der Waals surface area contributed by atoms with Crippen LogP contribution in [0.15, 0.2) is 36.7 Å². The Morgan fingerprint density at radius 1 is 1.33 bits per heavy atom. The zero-order valence-electron chi connectivity index (χ0n) is 17.1. The second-order valence-corrected chi connectivity index (χ2v) is 8.28. The third-order valence-electron chi connectivity index (χ3n) is 6.07. The standard InChI is InChI=1S/C22H27FN4O3/c1-26-15-17(14-24-26)21(29)25-19-5-10-30-22(13-19)6-8-27(9-7-22)20(28)12-16-3-2-4-18(23)11-16/h2-4,11,14-15,19H,5-10,12-13H2,1H3,(H,25,29)/t19-/m0/s1. The van der Waals surface area contributed by atoms with Crippen LogP contribution in [0, 0.1) is 5.82 Å². The molecular weight excluding hydrogens is 387 g/mol. The number of nitrogens with zero attached hydrogens (tertiary/aromatic N) is 3. The van der Waals surface area contributed by atoms with Crippen LogP contribution in [0.1, 0.15) is 41.6 Å². The van der Waals surface area contributed by atoms with E-state index in [0.717, 1.165) is 25.7 Å². The minimum absolute atomic E-state index is 0.00712. The number of ether oxygens (including phenoxy) is 1. The predicted octanol–water partition coefficient (Wildman–Crippen LogP) is 2.07. The Hall–Kier alpha value is -2.74. The van der Waals surface area contributed by atoms with Gasteiger partial charge in [0.05, 0.1) is 23.8 Å². The summed E-state index contributed by atoms with van der Waals surface area (Å²) in [6, 6.07) is 6.22. The van der Waals surface area contributed by atoms with E-state index < -0.39 is 0 Å². The molecule has 2 saturated heterocycles. The van der Waals surface area contributed by atoms with Crippen LogP contribution in [0.4, 0.5) is 4.39 Å². The van der Waals surface area contributed by atoms with Crippen molar-refractivity contribution in [2.75, 3.05) is 19.7 Å². The molecule has 8 heteroatoms. The Kier molecular flexibility index (Phi) is 5.85. The average Bonchev–Trinajstić information content (AvgIpc) is 3.15. The highest BCUT2D eigenvalue weighted by Gasteiger charge is 2.41. The van der Waals surface area contributed by atoms with Crippen molar-refractivity contribution in [3.05, 3.63) is 53.6 Å². The average molecular weight is 414 g/mol. The van der Waals surface area contributed by atoms with Crippen LogP contribution in [0.25, 0.3) is 0 Å². The highest BCUT2D eigenvalue weighted by molar-refractivity contribution is 5.93. The van der Waals surface area contributed by atoms with Gasteiger partial charge in [0, 0.05) is 39.0 Å². The predicted molar refractivity (Wildman–Crippen MR) is 108 cm³/mol. The van der Waals surface area contributed by atoms with Gasteiger partial charge in [0.2, 0.25) is 5.91 Å². The molecule has 1 aromatic carbocycles. The van der Waals surface area contributed by atoms with Crippen molar-refractivity contribution in [1.29, 1.82) is 0 Å². The number of hydrogen-bond acceptors (Lipinski definition) is 4. The molecule has 2 aliphatic rings. The zero-order valence-corrected chi connectivity index (χ0v) is 17.1. The monoisotopic (exact) mass is 414 g/mol. The van der Waals surface area contributed by atoms with Crippen LogP contribution in [0.3, 0.4) is 0 Å². The van der Waals surface area contributed by atoms with E-state index in [0.29, 0.717) is 30.8 Å². The fourth-order valence-corrected chi connectivity index (χ4v) is 4.40. The number of aryl methyl sites for hydroxylation is 1. The van der Waals surface area contributed by atoms with E-state index in [4.69, 9.17) is 4.74 Å². The van der Waals surface area contributed by atoms with Crippen molar-refractivity contribution in [3.8, 4) is 0 Å². The Bertz CT molecular complexity index is 921. The molecule has 1 atom stereocenters. The Balaban J connectivity index is 1.30. The lowest BCUT2D eigenvalue weighted by Crippen LogP contribution is -2.54. The fraction of sp³-hybridized carbons (Fsp3) is 0.500. The first kappa shape index (κ1) is 20.5. The number of carbonyl (C=O) groups is 2. The van der Waals surface area contributed by atoms with Gasteiger partial charge in [0.15, 0.2) is 0 Å². The minimum Gasteiger partial charge on any atom is -0.375 e. The first-order valence-electron chi connectivity index (χ1n) is 10.4. The molecule has 0 unspecified atom stereocenters. The van der Waals surface area contributed by atoms with Crippen LogP contribution < -0.4 is 5.32 Å². The Labute approximate surface area is 175 Å². The van der Waals surface area contributed by atoms with Crippen LogP contribution in [-0.2, 0) is 23.0 Å². The van der Waals surface area contributed by atoms with Gasteiger partial charge in [-0.15, -0.1) is 0 Å². The number of hydrogen-bond donors (Lipinski definition) is 1. The molecule has 3 heterocycles. The maximum atomic E-state index is 13.4. The van der Waals surface area contributed by atoms with Gasteiger partial charge >= 0.3 is 0 Å². The van der Waals surface area contributed by atoms with E-state index in [9.17, 15) is 14.0 Å². The second-order valence-electron chi connectivity index (χ2n) is 8.28. The first-order chi connectivity index (χ1) is 14.4. The molecule has 0 saturated carbocycles. The van der Waals surface area contributed by atoms with Crippen LogP contribution >= 0.6 is 0 Å². The third kappa shape index (κ3) is 4.70. The lowest BCUT2D eigenvalue weighted by Gasteiger charge is -2.46. The number of piperidine rings is 1. The van der Waals surface area contributed by atoms with Gasteiger partial charge in [-0.3, -0.25) is 14.3 Å². The number of nitrogens with one attached hydrogen (secondary N) is 1. The van der Waals surface area contributed by atoms with Crippen molar-refractivity contribution in [1.82, 2.24) is 20.0 Å². The maximum absolute atomic E-state index is 13.4. The molecule has 30 heavy (non-hydrogen) atoms. The number of rotatable bonds is 4. The number of halogens is 1. The SMILES string of the molecule is Cn1cc(C(=O)N[C@H]2CCOC3(CCN(C(=O)Cc4cccc(F)c4)CC3)C2)cn1. The summed E-state index contributed by atoms with van der Waals surface area (Å²) in [5, 5.41) is 7.15. The third-order valence-corrected chi connectivity index (χ3v) is 6.07. The van der Waals surface area contributed by atoms with Crippen LogP contribution in [0.5, 0.6) is 0 Å². The molecule has 0 aliphatic carbocycles. The molecular formula is C22H27FN4O3. The summed E-state index contributed by atoms with van der Waals surface area (Å²) in [6.45, 7) is 1.81. The maximum Gasteiger partial charge on any atom is 0.254 e. The van der Waals surface area contributed by atoms with Gasteiger partial charge in [-0.2, -0.15) is 5.10 Å². The lowest BCUT2D eigenvalue weighted by atomic mass is 9.82. The summed E-state index contributed by atoms with van der Waals surface area (Å²) < 4.78 is 21.1. The smallest absolute Gasteiger partial charge is 0.254 e. The van der Waals surface area contributed by atoms with E-state index in [1.807, 2.05) is 4.90 Å². The molecule has 2 aromatic rings. The van der Waals surface area contributed by atoms with E-state index in [-0.39, 0.29) is 35.7 Å². The van der Waals surface area contributed by atoms with Crippen molar-refractivity contribution >= 4 is 11.8 Å². The molecule has 1 spiro atoms. The van der Waals surface area contributed by atoms with Crippen LogP contribution in [-0.4, -0.2) is 57.8 Å². The molecule has 1 N–H and O–H groups in total. The quantitative estimate of drug-likeness (QED) is 0.831. The molecule has 0 bridgehead atoms. The topological polar surface area (TPSA) is 76.5 Å². The van der Waals surface area contributed by atoms with Gasteiger partial charge in [0.1, 0.15) is 5.82 Å². The summed E-state index contributed by atoms with van der Waals surface area (Å²) >= 11 is 0. The first-order valence-corrected chi connectivity index (χ1v) is 10.4. The molecule has 2 fully saturated rings. The molecule has 2 aliphatic heterocycles. The molecule has 2 amide bonds. The molecule has 0 radical (unpaired) electrons. The van der Waals surface area contributed by atoms with E-state index in [1.165, 1.54) is 12.1 Å². The highest BCUT2D eigenvalue weighted by Crippen LogP contribution is 2.35. The van der Waals surface area contributed by atoms with Gasteiger partial charge in [-0.1, -0.05) is 12.1 Å². The largest absolute Gasteiger partial charge is 0.375 e. The van der Waals surface area contributed by atoms with Gasteiger partial charge in [0.25, 0.3) is 5.91 Å². The number of likely N-dealkylation sites (tertiary alicyclic amines) is 1. The Morgan fingerprint density at radius 2 is 2.13 bits per heavy atom. The second kappa shape index (κ2) is 8.55. The van der Waals surface area contributed by atoms with E-state index in [2.05, 4.69) is 10.4 Å². The van der Waals surface area contributed by atoms with Gasteiger partial charge < -0.3 is 15.0 Å². The summed E-state index contributed by atoms with van der Waals surface area (Å²) in [5.74, 6) is -0.437. The fourth-order valence-electron chi connectivity index (χ4n) is 4.40. The number of benzene rings is 1. The Morgan fingerprint density at radius 3 is 2.83 bits per heavy atom. The lowest BCUT2D eigenvalue weighted by molar-refractivity contribution is -0.143. The van der Waals surface area contributed by atoms with Crippen LogP contribution in [0.2, 0.25) is 0 Å². The van der Waals surface area contributed by atoms with Crippen molar-refractivity contribution in [2.24, 2.45) is 7.05 Å². The summed E-state index contributed by atoms with van der Waals surface area (Å²) in [5.41, 5.74) is 0.934. The minimum atomic E-state index is -0.326. The molecule has 4 rings (SSSR count). The van der Waals surface area contributed by atoms with E-state index >= 15 is 0 Å². The zero-order chi connectivity index (χ0) is 21.1.